The standard InChI is InChI=1S/C17H21N3O3/c1-19(2)14(15-8-5-11-22-15)12-18-9-10-20-13-6-3-4-7-16(13)23-17(20)21/h3-8,11,14,18H,9-10,12H2,1-2H3. The van der Waals surface area contributed by atoms with Crippen LogP contribution in [0.3, 0.4) is 0 Å². The van der Waals surface area contributed by atoms with Crippen LogP contribution < -0.4 is 11.1 Å². The van der Waals surface area contributed by atoms with E-state index in [-0.39, 0.29) is 11.8 Å². The highest BCUT2D eigenvalue weighted by molar-refractivity contribution is 5.72. The van der Waals surface area contributed by atoms with Gasteiger partial charge in [0, 0.05) is 19.6 Å². The molecule has 0 radical (unpaired) electrons. The molecule has 3 aromatic rings. The number of hydrogen-bond acceptors (Lipinski definition) is 5. The van der Waals surface area contributed by atoms with Crippen LogP contribution in [0.15, 0.2) is 56.3 Å². The molecule has 0 saturated heterocycles. The van der Waals surface area contributed by atoms with E-state index in [1.54, 1.807) is 16.9 Å². The third-order valence-corrected chi connectivity index (χ3v) is 3.92. The molecule has 0 saturated carbocycles. The van der Waals surface area contributed by atoms with Crippen LogP contribution in [0.1, 0.15) is 11.8 Å². The van der Waals surface area contributed by atoms with Gasteiger partial charge in [0.2, 0.25) is 0 Å². The van der Waals surface area contributed by atoms with E-state index in [0.29, 0.717) is 18.7 Å². The van der Waals surface area contributed by atoms with Crippen LogP contribution >= 0.6 is 0 Å². The van der Waals surface area contributed by atoms with Gasteiger partial charge in [-0.15, -0.1) is 0 Å². The lowest BCUT2D eigenvalue weighted by Gasteiger charge is -2.22. The summed E-state index contributed by atoms with van der Waals surface area (Å²) >= 11 is 0. The van der Waals surface area contributed by atoms with Crippen molar-refractivity contribution in [2.75, 3.05) is 27.2 Å². The molecule has 0 aliphatic rings. The fourth-order valence-corrected chi connectivity index (χ4v) is 2.67. The quantitative estimate of drug-likeness (QED) is 0.676. The van der Waals surface area contributed by atoms with Crippen LogP contribution in [0.4, 0.5) is 0 Å². The third-order valence-electron chi connectivity index (χ3n) is 3.92. The van der Waals surface area contributed by atoms with Gasteiger partial charge in [0.25, 0.3) is 0 Å². The molecule has 1 N–H and O–H groups in total. The predicted molar refractivity (Wildman–Crippen MR) is 88.5 cm³/mol. The molecule has 1 aromatic carbocycles. The Morgan fingerprint density at radius 2 is 2.04 bits per heavy atom. The number of likely N-dealkylation sites (N-methyl/N-ethyl adjacent to an activating group) is 1. The van der Waals surface area contributed by atoms with Crippen molar-refractivity contribution < 1.29 is 8.83 Å². The number of nitrogens with zero attached hydrogens (tertiary/aromatic N) is 2. The molecule has 0 bridgehead atoms. The summed E-state index contributed by atoms with van der Waals surface area (Å²) < 4.78 is 12.4. The molecule has 0 aliphatic heterocycles. The molecule has 23 heavy (non-hydrogen) atoms. The molecular weight excluding hydrogens is 294 g/mol. The highest BCUT2D eigenvalue weighted by Crippen LogP contribution is 2.17. The van der Waals surface area contributed by atoms with Crippen LogP contribution in [0.25, 0.3) is 11.1 Å². The lowest BCUT2D eigenvalue weighted by Crippen LogP contribution is -2.33. The number of benzene rings is 1. The van der Waals surface area contributed by atoms with Crippen LogP contribution in [0.2, 0.25) is 0 Å². The molecule has 1 unspecified atom stereocenters. The Kier molecular flexibility index (Phi) is 4.64. The van der Waals surface area contributed by atoms with Gasteiger partial charge in [0.05, 0.1) is 17.8 Å². The first-order valence-corrected chi connectivity index (χ1v) is 7.65. The lowest BCUT2D eigenvalue weighted by molar-refractivity contribution is 0.250. The zero-order valence-electron chi connectivity index (χ0n) is 13.4. The maximum Gasteiger partial charge on any atom is 0.419 e. The summed E-state index contributed by atoms with van der Waals surface area (Å²) in [7, 11) is 4.03. The topological polar surface area (TPSA) is 63.5 Å². The van der Waals surface area contributed by atoms with E-state index < -0.39 is 0 Å². The Labute approximate surface area is 134 Å². The minimum atomic E-state index is -0.316. The largest absolute Gasteiger partial charge is 0.468 e. The van der Waals surface area contributed by atoms with Gasteiger partial charge in [-0.05, 0) is 38.4 Å². The number of hydrogen-bond donors (Lipinski definition) is 1. The molecule has 3 rings (SSSR count). The van der Waals surface area contributed by atoms with Crippen molar-refractivity contribution in [3.63, 3.8) is 0 Å². The molecule has 1 atom stereocenters. The van der Waals surface area contributed by atoms with Gasteiger partial charge in [-0.1, -0.05) is 12.1 Å². The number of aromatic nitrogens is 1. The van der Waals surface area contributed by atoms with Gasteiger partial charge in [-0.3, -0.25) is 9.47 Å². The molecule has 0 spiro atoms. The van der Waals surface area contributed by atoms with Gasteiger partial charge >= 0.3 is 5.76 Å². The maximum atomic E-state index is 11.9. The van der Waals surface area contributed by atoms with E-state index in [9.17, 15) is 4.79 Å². The summed E-state index contributed by atoms with van der Waals surface area (Å²) in [6, 6.07) is 11.5. The number of oxazole rings is 1. The van der Waals surface area contributed by atoms with E-state index in [1.165, 1.54) is 0 Å². The molecule has 6 nitrogen and oxygen atoms in total. The summed E-state index contributed by atoms with van der Waals surface area (Å²) in [5.41, 5.74) is 1.45. The first-order chi connectivity index (χ1) is 11.2. The van der Waals surface area contributed by atoms with Crippen LogP contribution in [0, 0.1) is 0 Å². The Morgan fingerprint density at radius 3 is 2.78 bits per heavy atom. The highest BCUT2D eigenvalue weighted by Gasteiger charge is 2.16. The van der Waals surface area contributed by atoms with Gasteiger partial charge in [-0.25, -0.2) is 4.79 Å². The Bertz CT molecular complexity index is 802. The average molecular weight is 315 g/mol. The highest BCUT2D eigenvalue weighted by atomic mass is 16.4. The van der Waals surface area contributed by atoms with Crippen LogP contribution in [-0.2, 0) is 6.54 Å². The van der Waals surface area contributed by atoms with E-state index in [4.69, 9.17) is 8.83 Å². The zero-order chi connectivity index (χ0) is 16.2. The van der Waals surface area contributed by atoms with Gasteiger partial charge in [0.15, 0.2) is 5.58 Å². The monoisotopic (exact) mass is 315 g/mol. The predicted octanol–water partition coefficient (Wildman–Crippen LogP) is 2.08. The van der Waals surface area contributed by atoms with Crippen molar-refractivity contribution in [1.82, 2.24) is 14.8 Å². The SMILES string of the molecule is CN(C)C(CNCCn1c(=O)oc2ccccc21)c1ccco1. The maximum absolute atomic E-state index is 11.9. The third kappa shape index (κ3) is 3.38. The van der Waals surface area contributed by atoms with Crippen molar-refractivity contribution in [1.29, 1.82) is 0 Å². The summed E-state index contributed by atoms with van der Waals surface area (Å²) in [5.74, 6) is 0.608. The second kappa shape index (κ2) is 6.85. The Morgan fingerprint density at radius 1 is 1.22 bits per heavy atom. The summed E-state index contributed by atoms with van der Waals surface area (Å²) in [6.07, 6.45) is 1.68. The van der Waals surface area contributed by atoms with Gasteiger partial charge < -0.3 is 14.2 Å². The molecule has 0 fully saturated rings. The van der Waals surface area contributed by atoms with E-state index >= 15 is 0 Å². The molecule has 0 amide bonds. The lowest BCUT2D eigenvalue weighted by atomic mass is 10.2. The average Bonchev–Trinajstić information content (AvgIpc) is 3.15. The molecule has 6 heteroatoms. The fourth-order valence-electron chi connectivity index (χ4n) is 2.67. The number of rotatable bonds is 7. The Hall–Kier alpha value is -2.31. The zero-order valence-corrected chi connectivity index (χ0v) is 13.4. The number of fused-ring (bicyclic) bond motifs is 1. The first kappa shape index (κ1) is 15.6. The molecule has 122 valence electrons. The smallest absolute Gasteiger partial charge is 0.419 e. The number of furan rings is 1. The van der Waals surface area contributed by atoms with Crippen molar-refractivity contribution in [3.8, 4) is 0 Å². The van der Waals surface area contributed by atoms with Crippen molar-refractivity contribution >= 4 is 11.1 Å². The second-order valence-corrected chi connectivity index (χ2v) is 5.69. The van der Waals surface area contributed by atoms with E-state index in [1.807, 2.05) is 44.4 Å². The van der Waals surface area contributed by atoms with E-state index in [0.717, 1.165) is 17.8 Å². The normalized spacial score (nSPS) is 13.0. The van der Waals surface area contributed by atoms with Gasteiger partial charge in [-0.2, -0.15) is 0 Å². The van der Waals surface area contributed by atoms with E-state index in [2.05, 4.69) is 10.2 Å². The van der Waals surface area contributed by atoms with Crippen LogP contribution in [-0.4, -0.2) is 36.7 Å². The molecule has 2 aromatic heterocycles. The molecule has 0 aliphatic carbocycles. The summed E-state index contributed by atoms with van der Waals surface area (Å²) in [5, 5.41) is 3.38. The summed E-state index contributed by atoms with van der Waals surface area (Å²) in [4.78, 5) is 14.0. The van der Waals surface area contributed by atoms with Crippen LogP contribution in [0.5, 0.6) is 0 Å². The van der Waals surface area contributed by atoms with Gasteiger partial charge in [0.1, 0.15) is 5.76 Å². The first-order valence-electron chi connectivity index (χ1n) is 7.65. The fraction of sp³-hybridized carbons (Fsp3) is 0.353. The molecule has 2 heterocycles. The number of nitrogens with one attached hydrogen (secondary N) is 1. The van der Waals surface area contributed by atoms with Crippen molar-refractivity contribution in [2.45, 2.75) is 12.6 Å². The minimum Gasteiger partial charge on any atom is -0.468 e. The second-order valence-electron chi connectivity index (χ2n) is 5.69. The summed E-state index contributed by atoms with van der Waals surface area (Å²) in [6.45, 7) is 1.98. The van der Waals surface area contributed by atoms with Crippen molar-refractivity contribution in [3.05, 3.63) is 59.0 Å². The number of para-hydroxylation sites is 2. The van der Waals surface area contributed by atoms with Crippen molar-refractivity contribution in [2.24, 2.45) is 0 Å². The Balaban J connectivity index is 1.60. The minimum absolute atomic E-state index is 0.155. The molecular formula is C17H21N3O3.